The molecule has 0 radical (unpaired) electrons. The van der Waals surface area contributed by atoms with Gasteiger partial charge in [-0.2, -0.15) is 4.98 Å². The van der Waals surface area contributed by atoms with Crippen LogP contribution in [0.15, 0.2) is 53.1 Å². The van der Waals surface area contributed by atoms with Crippen LogP contribution in [0.2, 0.25) is 0 Å². The molecule has 1 aliphatic heterocycles. The maximum absolute atomic E-state index is 13.2. The summed E-state index contributed by atoms with van der Waals surface area (Å²) in [5.74, 6) is 2.03. The molecule has 1 fully saturated rings. The number of ether oxygens (including phenoxy) is 2. The number of rotatable bonds is 5. The Morgan fingerprint density at radius 3 is 2.77 bits per heavy atom. The van der Waals surface area contributed by atoms with E-state index in [1.807, 2.05) is 36.4 Å². The number of hydrogen-bond acceptors (Lipinski definition) is 6. The Balaban J connectivity index is 1.41. The van der Waals surface area contributed by atoms with E-state index >= 15 is 0 Å². The van der Waals surface area contributed by atoms with Crippen LogP contribution in [-0.4, -0.2) is 46.7 Å². The second-order valence-corrected chi connectivity index (χ2v) is 7.45. The Labute approximate surface area is 178 Å². The van der Waals surface area contributed by atoms with Crippen molar-refractivity contribution in [2.24, 2.45) is 0 Å². The van der Waals surface area contributed by atoms with Crippen LogP contribution < -0.4 is 9.47 Å². The van der Waals surface area contributed by atoms with Crippen LogP contribution in [-0.2, 0) is 0 Å². The number of hydrogen-bond donors (Lipinski definition) is 1. The van der Waals surface area contributed by atoms with Crippen molar-refractivity contribution >= 4 is 16.8 Å². The van der Waals surface area contributed by atoms with Crippen LogP contribution in [0.3, 0.4) is 0 Å². The van der Waals surface area contributed by atoms with E-state index in [-0.39, 0.29) is 11.9 Å². The van der Waals surface area contributed by atoms with E-state index in [2.05, 4.69) is 15.1 Å². The first-order valence-corrected chi connectivity index (χ1v) is 10.1. The number of H-pyrrole nitrogens is 1. The van der Waals surface area contributed by atoms with E-state index in [1.54, 1.807) is 31.3 Å². The van der Waals surface area contributed by atoms with E-state index in [1.165, 1.54) is 0 Å². The molecule has 0 aliphatic carbocycles. The van der Waals surface area contributed by atoms with Gasteiger partial charge in [-0.3, -0.25) is 4.79 Å². The van der Waals surface area contributed by atoms with Gasteiger partial charge in [-0.25, -0.2) is 0 Å². The molecule has 1 atom stereocenters. The van der Waals surface area contributed by atoms with Crippen molar-refractivity contribution in [1.29, 1.82) is 0 Å². The highest BCUT2D eigenvalue weighted by Crippen LogP contribution is 2.35. The minimum absolute atomic E-state index is 0.0652. The Morgan fingerprint density at radius 1 is 1.13 bits per heavy atom. The van der Waals surface area contributed by atoms with Crippen molar-refractivity contribution in [3.8, 4) is 22.9 Å². The number of carbonyl (C=O) groups is 1. The van der Waals surface area contributed by atoms with Crippen molar-refractivity contribution in [1.82, 2.24) is 20.0 Å². The molecular formula is C23H22N4O4. The highest BCUT2D eigenvalue weighted by Gasteiger charge is 2.35. The van der Waals surface area contributed by atoms with Gasteiger partial charge in [-0.05, 0) is 43.2 Å². The molecule has 1 saturated heterocycles. The molecule has 8 nitrogen and oxygen atoms in total. The molecule has 0 unspecified atom stereocenters. The van der Waals surface area contributed by atoms with Gasteiger partial charge < -0.3 is 23.9 Å². The first kappa shape index (κ1) is 19.2. The van der Waals surface area contributed by atoms with Crippen LogP contribution in [0, 0.1) is 0 Å². The fourth-order valence-corrected chi connectivity index (χ4v) is 4.07. The SMILES string of the molecule is COc1ccc(-c2noc([C@H]3CCCN3C(=O)c3cc4ccccc4[nH]3)n2)cc1OC. The Bertz CT molecular complexity index is 1210. The summed E-state index contributed by atoms with van der Waals surface area (Å²) in [5, 5.41) is 5.14. The Hall–Kier alpha value is -3.81. The molecule has 0 saturated carbocycles. The Morgan fingerprint density at radius 2 is 1.97 bits per heavy atom. The van der Waals surface area contributed by atoms with Gasteiger partial charge in [0.15, 0.2) is 11.5 Å². The number of nitrogens with one attached hydrogen (secondary N) is 1. The molecule has 1 amide bonds. The van der Waals surface area contributed by atoms with Gasteiger partial charge in [0, 0.05) is 23.0 Å². The summed E-state index contributed by atoms with van der Waals surface area (Å²) < 4.78 is 16.2. The van der Waals surface area contributed by atoms with E-state index in [9.17, 15) is 4.79 Å². The van der Waals surface area contributed by atoms with Crippen molar-refractivity contribution in [2.75, 3.05) is 20.8 Å². The van der Waals surface area contributed by atoms with Crippen molar-refractivity contribution in [3.05, 3.63) is 60.1 Å². The third-order valence-corrected chi connectivity index (χ3v) is 5.64. The molecule has 5 rings (SSSR count). The summed E-state index contributed by atoms with van der Waals surface area (Å²) in [6, 6.07) is 14.9. The number of fused-ring (bicyclic) bond motifs is 1. The lowest BCUT2D eigenvalue weighted by Gasteiger charge is -2.21. The molecular weight excluding hydrogens is 396 g/mol. The minimum atomic E-state index is -0.250. The summed E-state index contributed by atoms with van der Waals surface area (Å²) in [7, 11) is 3.16. The molecule has 1 aliphatic rings. The molecule has 4 aromatic rings. The zero-order valence-corrected chi connectivity index (χ0v) is 17.3. The first-order valence-electron chi connectivity index (χ1n) is 10.1. The van der Waals surface area contributed by atoms with Crippen LogP contribution in [0.5, 0.6) is 11.5 Å². The van der Waals surface area contributed by atoms with E-state index in [0.29, 0.717) is 35.5 Å². The topological polar surface area (TPSA) is 93.5 Å². The van der Waals surface area contributed by atoms with E-state index < -0.39 is 0 Å². The average Bonchev–Trinajstić information content (AvgIpc) is 3.56. The van der Waals surface area contributed by atoms with Crippen molar-refractivity contribution < 1.29 is 18.8 Å². The standard InChI is InChI=1S/C23H22N4O4/c1-29-19-10-9-15(13-20(19)30-2)21-25-22(31-26-21)18-8-5-11-27(18)23(28)17-12-14-6-3-4-7-16(14)24-17/h3-4,6-7,9-10,12-13,18,24H,5,8,11H2,1-2H3/t18-/m1/s1. The normalized spacial score (nSPS) is 16.1. The monoisotopic (exact) mass is 418 g/mol. The highest BCUT2D eigenvalue weighted by atomic mass is 16.5. The lowest BCUT2D eigenvalue weighted by atomic mass is 10.2. The van der Waals surface area contributed by atoms with Gasteiger partial charge in [0.1, 0.15) is 11.7 Å². The number of para-hydroxylation sites is 1. The third kappa shape index (κ3) is 3.39. The number of amides is 1. The van der Waals surface area contributed by atoms with Crippen molar-refractivity contribution in [2.45, 2.75) is 18.9 Å². The van der Waals surface area contributed by atoms with E-state index in [4.69, 9.17) is 14.0 Å². The average molecular weight is 418 g/mol. The number of methoxy groups -OCH3 is 2. The molecule has 0 bridgehead atoms. The fourth-order valence-electron chi connectivity index (χ4n) is 4.07. The number of carbonyl (C=O) groups excluding carboxylic acids is 1. The van der Waals surface area contributed by atoms with Gasteiger partial charge in [-0.15, -0.1) is 0 Å². The highest BCUT2D eigenvalue weighted by molar-refractivity contribution is 5.98. The fraction of sp³-hybridized carbons (Fsp3) is 0.261. The zero-order chi connectivity index (χ0) is 21.4. The summed E-state index contributed by atoms with van der Waals surface area (Å²) in [5.41, 5.74) is 2.25. The van der Waals surface area contributed by atoms with Crippen LogP contribution in [0.25, 0.3) is 22.3 Å². The van der Waals surface area contributed by atoms with Gasteiger partial charge in [0.2, 0.25) is 11.7 Å². The van der Waals surface area contributed by atoms with E-state index in [0.717, 1.165) is 29.3 Å². The predicted molar refractivity (Wildman–Crippen MR) is 114 cm³/mol. The van der Waals surface area contributed by atoms with Crippen LogP contribution >= 0.6 is 0 Å². The number of benzene rings is 2. The lowest BCUT2D eigenvalue weighted by molar-refractivity contribution is 0.0705. The minimum Gasteiger partial charge on any atom is -0.493 e. The van der Waals surface area contributed by atoms with Gasteiger partial charge >= 0.3 is 0 Å². The number of likely N-dealkylation sites (tertiary alicyclic amines) is 1. The summed E-state index contributed by atoms with van der Waals surface area (Å²) >= 11 is 0. The zero-order valence-electron chi connectivity index (χ0n) is 17.3. The number of aromatic nitrogens is 3. The third-order valence-electron chi connectivity index (χ3n) is 5.64. The summed E-state index contributed by atoms with van der Waals surface area (Å²) in [4.78, 5) is 22.8. The summed E-state index contributed by atoms with van der Waals surface area (Å²) in [6.07, 6.45) is 1.66. The molecule has 31 heavy (non-hydrogen) atoms. The largest absolute Gasteiger partial charge is 0.493 e. The van der Waals surface area contributed by atoms with Gasteiger partial charge in [-0.1, -0.05) is 23.4 Å². The molecule has 0 spiro atoms. The maximum atomic E-state index is 13.2. The predicted octanol–water partition coefficient (Wildman–Crippen LogP) is 4.21. The first-order chi connectivity index (χ1) is 15.2. The molecule has 1 N–H and O–H groups in total. The maximum Gasteiger partial charge on any atom is 0.270 e. The second-order valence-electron chi connectivity index (χ2n) is 7.45. The molecule has 158 valence electrons. The smallest absolute Gasteiger partial charge is 0.270 e. The van der Waals surface area contributed by atoms with Crippen LogP contribution in [0.1, 0.15) is 35.3 Å². The van der Waals surface area contributed by atoms with Crippen LogP contribution in [0.4, 0.5) is 0 Å². The lowest BCUT2D eigenvalue weighted by Crippen LogP contribution is -2.31. The molecule has 8 heteroatoms. The van der Waals surface area contributed by atoms with Crippen molar-refractivity contribution in [3.63, 3.8) is 0 Å². The molecule has 2 aromatic heterocycles. The van der Waals surface area contributed by atoms with Gasteiger partial charge in [0.25, 0.3) is 5.91 Å². The second kappa shape index (κ2) is 7.79. The molecule has 2 aromatic carbocycles. The Kier molecular flexibility index (Phi) is 4.82. The van der Waals surface area contributed by atoms with Gasteiger partial charge in [0.05, 0.1) is 14.2 Å². The number of nitrogens with zero attached hydrogens (tertiary/aromatic N) is 3. The number of aromatic amines is 1. The quantitative estimate of drug-likeness (QED) is 0.522. The molecule has 3 heterocycles. The summed E-state index contributed by atoms with van der Waals surface area (Å²) in [6.45, 7) is 0.646.